The number of carbonyl (C=O) groups is 2. The highest BCUT2D eigenvalue weighted by molar-refractivity contribution is 7.98. The minimum Gasteiger partial charge on any atom is -0.397 e. The van der Waals surface area contributed by atoms with Crippen LogP contribution in [0.25, 0.3) is 21.5 Å². The number of benzene rings is 1. The number of nitrogens with zero attached hydrogens (tertiary/aromatic N) is 2. The number of thiophene rings is 1. The van der Waals surface area contributed by atoms with E-state index in [4.69, 9.17) is 11.5 Å². The first-order valence-electron chi connectivity index (χ1n) is 9.18. The maximum Gasteiger partial charge on any atom is 0.260 e. The maximum absolute atomic E-state index is 12.3. The number of nitrogen functional groups attached to an aromatic ring is 1. The first-order valence-corrected chi connectivity index (χ1v) is 11.2. The number of hydrogen-bond acceptors (Lipinski definition) is 8. The number of anilines is 2. The second-order valence-electron chi connectivity index (χ2n) is 7.68. The normalized spacial score (nSPS) is 11.6. The molecule has 0 saturated carbocycles. The summed E-state index contributed by atoms with van der Waals surface area (Å²) in [5.74, 6) is -0.745. The Kier molecular flexibility index (Phi) is 6.30. The van der Waals surface area contributed by atoms with Gasteiger partial charge in [-0.2, -0.15) is 0 Å². The van der Waals surface area contributed by atoms with Gasteiger partial charge in [-0.1, -0.05) is 23.9 Å². The van der Waals surface area contributed by atoms with Crippen LogP contribution in [0.5, 0.6) is 0 Å². The zero-order valence-corrected chi connectivity index (χ0v) is 18.8. The molecule has 0 aliphatic rings. The molecule has 2 heterocycles. The number of thioether (sulfide) groups is 1. The number of amides is 2. The van der Waals surface area contributed by atoms with E-state index in [9.17, 15) is 9.59 Å². The van der Waals surface area contributed by atoms with E-state index < -0.39 is 5.91 Å². The summed E-state index contributed by atoms with van der Waals surface area (Å²) in [6.45, 7) is 6.18. The van der Waals surface area contributed by atoms with Crippen LogP contribution in [0.1, 0.15) is 30.4 Å². The van der Waals surface area contributed by atoms with Gasteiger partial charge in [-0.3, -0.25) is 9.59 Å². The Morgan fingerprint density at radius 1 is 1.23 bits per heavy atom. The van der Waals surface area contributed by atoms with Crippen molar-refractivity contribution in [2.24, 2.45) is 5.73 Å². The molecule has 0 atom stereocenters. The van der Waals surface area contributed by atoms with Crippen molar-refractivity contribution >= 4 is 56.5 Å². The zero-order chi connectivity index (χ0) is 22.1. The smallest absolute Gasteiger partial charge is 0.260 e. The molecular weight excluding hydrogens is 420 g/mol. The lowest BCUT2D eigenvalue weighted by Gasteiger charge is -2.20. The number of rotatable bonds is 6. The quantitative estimate of drug-likeness (QED) is 0.339. The molecule has 6 N–H and O–H groups in total. The molecular formula is C20H24N6O2S2. The number of primary amides is 1. The van der Waals surface area contributed by atoms with Gasteiger partial charge in [0.1, 0.15) is 9.71 Å². The molecule has 0 aliphatic carbocycles. The van der Waals surface area contributed by atoms with Crippen molar-refractivity contribution in [2.75, 3.05) is 23.9 Å². The Balaban J connectivity index is 2.00. The van der Waals surface area contributed by atoms with E-state index in [-0.39, 0.29) is 28.6 Å². The molecule has 8 nitrogen and oxygen atoms in total. The summed E-state index contributed by atoms with van der Waals surface area (Å²) in [6.07, 6.45) is 1.87. The van der Waals surface area contributed by atoms with Crippen molar-refractivity contribution in [1.29, 1.82) is 0 Å². The Hall–Kier alpha value is -2.69. The van der Waals surface area contributed by atoms with Crippen molar-refractivity contribution in [3.8, 4) is 11.3 Å². The fourth-order valence-electron chi connectivity index (χ4n) is 2.78. The molecule has 1 aromatic carbocycles. The molecule has 0 aliphatic heterocycles. The minimum atomic E-state index is -0.598. The molecule has 30 heavy (non-hydrogen) atoms. The fourth-order valence-corrected chi connectivity index (χ4v) is 4.15. The van der Waals surface area contributed by atoms with Crippen LogP contribution in [0.2, 0.25) is 0 Å². The fraction of sp³-hybridized carbons (Fsp3) is 0.300. The average molecular weight is 445 g/mol. The SMILES string of the molecule is CSc1nc(-c2cccc(NC(=O)CNC(C)(C)C)c2)c2c(N)c(C(N)=O)sc2n1. The first-order chi connectivity index (χ1) is 14.1. The average Bonchev–Trinajstić information content (AvgIpc) is 3.02. The van der Waals surface area contributed by atoms with Gasteiger partial charge in [0.15, 0.2) is 5.16 Å². The van der Waals surface area contributed by atoms with Crippen molar-refractivity contribution in [1.82, 2.24) is 15.3 Å². The topological polar surface area (TPSA) is 136 Å². The number of nitrogens with one attached hydrogen (secondary N) is 2. The molecule has 0 unspecified atom stereocenters. The summed E-state index contributed by atoms with van der Waals surface area (Å²) < 4.78 is 0. The molecule has 158 valence electrons. The Morgan fingerprint density at radius 2 is 1.97 bits per heavy atom. The van der Waals surface area contributed by atoms with E-state index in [2.05, 4.69) is 20.6 Å². The summed E-state index contributed by atoms with van der Waals surface area (Å²) in [4.78, 5) is 34.0. The maximum atomic E-state index is 12.3. The van der Waals surface area contributed by atoms with Crippen LogP contribution in [-0.2, 0) is 4.79 Å². The second-order valence-corrected chi connectivity index (χ2v) is 9.45. The molecule has 10 heteroatoms. The molecule has 2 amide bonds. The van der Waals surface area contributed by atoms with E-state index in [1.807, 2.05) is 45.2 Å². The molecule has 0 spiro atoms. The predicted molar refractivity (Wildman–Crippen MR) is 124 cm³/mol. The highest BCUT2D eigenvalue weighted by Gasteiger charge is 2.21. The van der Waals surface area contributed by atoms with Gasteiger partial charge >= 0.3 is 0 Å². The van der Waals surface area contributed by atoms with Gasteiger partial charge in [-0.25, -0.2) is 9.97 Å². The lowest BCUT2D eigenvalue weighted by molar-refractivity contribution is -0.115. The third-order valence-corrected chi connectivity index (χ3v) is 5.84. The lowest BCUT2D eigenvalue weighted by atomic mass is 10.1. The summed E-state index contributed by atoms with van der Waals surface area (Å²) >= 11 is 2.54. The van der Waals surface area contributed by atoms with E-state index in [1.54, 1.807) is 6.07 Å². The highest BCUT2D eigenvalue weighted by Crippen LogP contribution is 2.39. The Morgan fingerprint density at radius 3 is 2.60 bits per heavy atom. The first kappa shape index (κ1) is 22.0. The number of hydrogen-bond donors (Lipinski definition) is 4. The van der Waals surface area contributed by atoms with E-state index >= 15 is 0 Å². The van der Waals surface area contributed by atoms with Gasteiger partial charge < -0.3 is 22.1 Å². The van der Waals surface area contributed by atoms with Crippen LogP contribution in [0, 0.1) is 0 Å². The van der Waals surface area contributed by atoms with E-state index in [0.717, 1.165) is 16.9 Å². The number of nitrogens with two attached hydrogens (primary N) is 2. The van der Waals surface area contributed by atoms with Crippen molar-refractivity contribution < 1.29 is 9.59 Å². The molecule has 3 aromatic rings. The van der Waals surface area contributed by atoms with Crippen LogP contribution >= 0.6 is 23.1 Å². The van der Waals surface area contributed by atoms with Crippen molar-refractivity contribution in [3.63, 3.8) is 0 Å². The predicted octanol–water partition coefficient (Wildman–Crippen LogP) is 3.09. The molecule has 0 radical (unpaired) electrons. The van der Waals surface area contributed by atoms with Gasteiger partial charge in [-0.05, 0) is 39.2 Å². The Labute approximate surface area is 182 Å². The number of carbonyl (C=O) groups excluding carboxylic acids is 2. The van der Waals surface area contributed by atoms with Crippen LogP contribution in [0.15, 0.2) is 29.4 Å². The standard InChI is InChI=1S/C20H24N6O2S2/c1-20(2,3)23-9-12(27)24-11-7-5-6-10(8-11)15-13-14(21)16(17(22)28)30-18(13)26-19(25-15)29-4/h5-8,23H,9,21H2,1-4H3,(H2,22,28)(H,24,27). The monoisotopic (exact) mass is 444 g/mol. The van der Waals surface area contributed by atoms with Crippen molar-refractivity contribution in [2.45, 2.75) is 31.5 Å². The third kappa shape index (κ3) is 4.89. The van der Waals surface area contributed by atoms with Gasteiger partial charge in [0.05, 0.1) is 23.3 Å². The van der Waals surface area contributed by atoms with Gasteiger partial charge in [0.25, 0.3) is 5.91 Å². The largest absolute Gasteiger partial charge is 0.397 e. The van der Waals surface area contributed by atoms with Gasteiger partial charge in [-0.15, -0.1) is 11.3 Å². The van der Waals surface area contributed by atoms with Crippen LogP contribution in [0.4, 0.5) is 11.4 Å². The van der Waals surface area contributed by atoms with E-state index in [1.165, 1.54) is 11.8 Å². The molecule has 3 rings (SSSR count). The molecule has 0 fully saturated rings. The van der Waals surface area contributed by atoms with Crippen molar-refractivity contribution in [3.05, 3.63) is 29.1 Å². The third-order valence-electron chi connectivity index (χ3n) is 4.17. The summed E-state index contributed by atoms with van der Waals surface area (Å²) in [5.41, 5.74) is 13.8. The van der Waals surface area contributed by atoms with Crippen LogP contribution in [0.3, 0.4) is 0 Å². The molecule has 0 bridgehead atoms. The Bertz CT molecular complexity index is 1120. The minimum absolute atomic E-state index is 0.147. The molecule has 0 saturated heterocycles. The number of fused-ring (bicyclic) bond motifs is 1. The summed E-state index contributed by atoms with van der Waals surface area (Å²) in [6, 6.07) is 7.32. The summed E-state index contributed by atoms with van der Waals surface area (Å²) in [5, 5.41) is 7.18. The summed E-state index contributed by atoms with van der Waals surface area (Å²) in [7, 11) is 0. The van der Waals surface area contributed by atoms with Crippen LogP contribution in [-0.4, -0.2) is 40.1 Å². The highest BCUT2D eigenvalue weighted by atomic mass is 32.2. The van der Waals surface area contributed by atoms with Gasteiger partial charge in [0.2, 0.25) is 5.91 Å². The second kappa shape index (κ2) is 8.58. The van der Waals surface area contributed by atoms with Gasteiger partial charge in [0, 0.05) is 16.8 Å². The zero-order valence-electron chi connectivity index (χ0n) is 17.2. The van der Waals surface area contributed by atoms with E-state index in [0.29, 0.717) is 26.8 Å². The lowest BCUT2D eigenvalue weighted by Crippen LogP contribution is -2.41. The molecule has 2 aromatic heterocycles. The van der Waals surface area contributed by atoms with Crippen LogP contribution < -0.4 is 22.1 Å². The number of aromatic nitrogens is 2.